The second-order valence-corrected chi connectivity index (χ2v) is 3.21. The van der Waals surface area contributed by atoms with Crippen molar-refractivity contribution >= 4 is 6.29 Å². The number of aromatic nitrogens is 5. The minimum atomic E-state index is 0.575. The molecule has 2 heterocycles. The third-order valence-electron chi connectivity index (χ3n) is 2.09. The molecule has 0 saturated carbocycles. The molecule has 0 radical (unpaired) electrons. The molecule has 2 aromatic heterocycles. The van der Waals surface area contributed by atoms with Crippen molar-refractivity contribution in [1.82, 2.24) is 24.3 Å². The number of rotatable bonds is 4. The molecule has 0 saturated heterocycles. The van der Waals surface area contributed by atoms with Gasteiger partial charge in [0.2, 0.25) is 0 Å². The van der Waals surface area contributed by atoms with E-state index in [1.165, 1.54) is 0 Å². The number of hydrogen-bond donors (Lipinski definition) is 0. The summed E-state index contributed by atoms with van der Waals surface area (Å²) in [5.41, 5.74) is 0.575. The van der Waals surface area contributed by atoms with Crippen LogP contribution in [0.4, 0.5) is 0 Å². The number of aryl methyl sites for hydroxylation is 3. The summed E-state index contributed by atoms with van der Waals surface area (Å²) in [5.74, 6) is 0.767. The van der Waals surface area contributed by atoms with Crippen LogP contribution in [-0.4, -0.2) is 30.6 Å². The van der Waals surface area contributed by atoms with E-state index in [1.54, 1.807) is 28.1 Å². The summed E-state index contributed by atoms with van der Waals surface area (Å²) in [4.78, 5) is 18.6. The van der Waals surface area contributed by atoms with Crippen LogP contribution in [0, 0.1) is 0 Å². The monoisotopic (exact) mass is 205 g/mol. The summed E-state index contributed by atoms with van der Waals surface area (Å²) in [6.45, 7) is 0.665. The van der Waals surface area contributed by atoms with Gasteiger partial charge in [0, 0.05) is 20.0 Å². The summed E-state index contributed by atoms with van der Waals surface area (Å²) >= 11 is 0. The first-order chi connectivity index (χ1) is 7.29. The predicted octanol–water partition coefficient (Wildman–Crippen LogP) is 0.0668. The molecule has 0 atom stereocenters. The highest BCUT2D eigenvalue weighted by Crippen LogP contribution is 1.99. The first kappa shape index (κ1) is 9.57. The van der Waals surface area contributed by atoms with Gasteiger partial charge in [-0.05, 0) is 0 Å². The molecule has 0 unspecified atom stereocenters. The average Bonchev–Trinajstić information content (AvgIpc) is 2.83. The largest absolute Gasteiger partial charge is 0.328 e. The zero-order valence-corrected chi connectivity index (χ0v) is 8.37. The van der Waals surface area contributed by atoms with Gasteiger partial charge < -0.3 is 4.57 Å². The van der Waals surface area contributed by atoms with Crippen LogP contribution in [0.15, 0.2) is 18.9 Å². The Bertz CT molecular complexity index is 459. The second kappa shape index (κ2) is 4.04. The lowest BCUT2D eigenvalue weighted by atomic mass is 10.4. The fraction of sp³-hybridized carbons (Fsp3) is 0.333. The SMILES string of the molecule is Cn1cnc(CCn2cncc2C=O)n1. The molecular weight excluding hydrogens is 194 g/mol. The van der Waals surface area contributed by atoms with E-state index in [4.69, 9.17) is 0 Å². The number of imidazole rings is 1. The van der Waals surface area contributed by atoms with Crippen molar-refractivity contribution in [3.8, 4) is 0 Å². The smallest absolute Gasteiger partial charge is 0.168 e. The molecule has 6 heteroatoms. The highest BCUT2D eigenvalue weighted by atomic mass is 16.1. The van der Waals surface area contributed by atoms with Crippen LogP contribution < -0.4 is 0 Å². The van der Waals surface area contributed by atoms with Crippen LogP contribution in [0.3, 0.4) is 0 Å². The molecule has 0 fully saturated rings. The molecule has 2 rings (SSSR count). The van der Waals surface area contributed by atoms with Crippen molar-refractivity contribution in [3.05, 3.63) is 30.4 Å². The molecular formula is C9H11N5O. The summed E-state index contributed by atoms with van der Waals surface area (Å²) < 4.78 is 3.44. The Morgan fingerprint density at radius 2 is 2.33 bits per heavy atom. The molecule has 2 aromatic rings. The van der Waals surface area contributed by atoms with Crippen molar-refractivity contribution in [1.29, 1.82) is 0 Å². The molecule has 78 valence electrons. The summed E-state index contributed by atoms with van der Waals surface area (Å²) in [6.07, 6.45) is 6.31. The van der Waals surface area contributed by atoms with Gasteiger partial charge in [0.05, 0.1) is 12.5 Å². The molecule has 0 aliphatic carbocycles. The number of aldehydes is 1. The maximum Gasteiger partial charge on any atom is 0.168 e. The van der Waals surface area contributed by atoms with Gasteiger partial charge in [0.15, 0.2) is 12.1 Å². The van der Waals surface area contributed by atoms with Crippen molar-refractivity contribution in [2.75, 3.05) is 0 Å². The summed E-state index contributed by atoms with van der Waals surface area (Å²) in [6, 6.07) is 0. The molecule has 0 aliphatic rings. The molecule has 0 amide bonds. The maximum absolute atomic E-state index is 10.6. The van der Waals surface area contributed by atoms with Gasteiger partial charge in [-0.3, -0.25) is 9.48 Å². The third-order valence-corrected chi connectivity index (χ3v) is 2.09. The van der Waals surface area contributed by atoms with Gasteiger partial charge in [-0.25, -0.2) is 9.97 Å². The molecule has 0 aromatic carbocycles. The maximum atomic E-state index is 10.6. The normalized spacial score (nSPS) is 10.5. The predicted molar refractivity (Wildman–Crippen MR) is 52.3 cm³/mol. The van der Waals surface area contributed by atoms with E-state index in [0.717, 1.165) is 12.1 Å². The fourth-order valence-electron chi connectivity index (χ4n) is 1.33. The van der Waals surface area contributed by atoms with E-state index in [0.29, 0.717) is 18.7 Å². The van der Waals surface area contributed by atoms with E-state index in [1.807, 2.05) is 7.05 Å². The van der Waals surface area contributed by atoms with Crippen LogP contribution >= 0.6 is 0 Å². The van der Waals surface area contributed by atoms with Crippen LogP contribution in [-0.2, 0) is 20.0 Å². The van der Waals surface area contributed by atoms with Gasteiger partial charge in [-0.1, -0.05) is 0 Å². The van der Waals surface area contributed by atoms with Crippen molar-refractivity contribution in [2.45, 2.75) is 13.0 Å². The average molecular weight is 205 g/mol. The lowest BCUT2D eigenvalue weighted by molar-refractivity contribution is 0.111. The van der Waals surface area contributed by atoms with Crippen LogP contribution in [0.1, 0.15) is 16.3 Å². The van der Waals surface area contributed by atoms with E-state index in [9.17, 15) is 4.79 Å². The van der Waals surface area contributed by atoms with Gasteiger partial charge in [-0.15, -0.1) is 0 Å². The number of hydrogen-bond acceptors (Lipinski definition) is 4. The van der Waals surface area contributed by atoms with Crippen molar-refractivity contribution in [2.24, 2.45) is 7.05 Å². The molecule has 0 bridgehead atoms. The van der Waals surface area contributed by atoms with Crippen molar-refractivity contribution < 1.29 is 4.79 Å². The Balaban J connectivity index is 2.01. The summed E-state index contributed by atoms with van der Waals surface area (Å²) in [5, 5.41) is 4.15. The Labute approximate surface area is 86.6 Å². The van der Waals surface area contributed by atoms with Gasteiger partial charge in [0.1, 0.15) is 12.0 Å². The Hall–Kier alpha value is -1.98. The minimum absolute atomic E-state index is 0.575. The quantitative estimate of drug-likeness (QED) is 0.662. The standard InChI is InChI=1S/C9H11N5O/c1-13-7-11-9(12-13)2-3-14-6-10-4-8(14)5-15/h4-7H,2-3H2,1H3. The zero-order chi connectivity index (χ0) is 10.7. The lowest BCUT2D eigenvalue weighted by Crippen LogP contribution is -2.05. The topological polar surface area (TPSA) is 65.6 Å². The highest BCUT2D eigenvalue weighted by molar-refractivity contribution is 5.71. The van der Waals surface area contributed by atoms with Crippen LogP contribution in [0.2, 0.25) is 0 Å². The van der Waals surface area contributed by atoms with Crippen LogP contribution in [0.25, 0.3) is 0 Å². The summed E-state index contributed by atoms with van der Waals surface area (Å²) in [7, 11) is 1.82. The first-order valence-corrected chi connectivity index (χ1v) is 4.59. The molecule has 6 nitrogen and oxygen atoms in total. The van der Waals surface area contributed by atoms with Gasteiger partial charge >= 0.3 is 0 Å². The van der Waals surface area contributed by atoms with Crippen molar-refractivity contribution in [3.63, 3.8) is 0 Å². The van der Waals surface area contributed by atoms with Gasteiger partial charge in [-0.2, -0.15) is 5.10 Å². The second-order valence-electron chi connectivity index (χ2n) is 3.21. The lowest BCUT2D eigenvalue weighted by Gasteiger charge is -2.00. The fourth-order valence-corrected chi connectivity index (χ4v) is 1.33. The number of nitrogens with zero attached hydrogens (tertiary/aromatic N) is 5. The molecule has 15 heavy (non-hydrogen) atoms. The molecule has 0 N–H and O–H groups in total. The Morgan fingerprint density at radius 1 is 1.47 bits per heavy atom. The van der Waals surface area contributed by atoms with Gasteiger partial charge in [0.25, 0.3) is 0 Å². The highest BCUT2D eigenvalue weighted by Gasteiger charge is 2.03. The zero-order valence-electron chi connectivity index (χ0n) is 8.37. The number of carbonyl (C=O) groups excluding carboxylic acids is 1. The molecule has 0 aliphatic heterocycles. The van der Waals surface area contributed by atoms with E-state index >= 15 is 0 Å². The van der Waals surface area contributed by atoms with E-state index < -0.39 is 0 Å². The minimum Gasteiger partial charge on any atom is -0.328 e. The van der Waals surface area contributed by atoms with E-state index in [-0.39, 0.29) is 0 Å². The Kier molecular flexibility index (Phi) is 2.57. The van der Waals surface area contributed by atoms with E-state index in [2.05, 4.69) is 15.1 Å². The number of carbonyl (C=O) groups is 1. The first-order valence-electron chi connectivity index (χ1n) is 4.59. The third kappa shape index (κ3) is 2.09. The Morgan fingerprint density at radius 3 is 3.00 bits per heavy atom. The van der Waals surface area contributed by atoms with Crippen LogP contribution in [0.5, 0.6) is 0 Å². The molecule has 0 spiro atoms.